The summed E-state index contributed by atoms with van der Waals surface area (Å²) >= 11 is 1.64. The van der Waals surface area contributed by atoms with Crippen molar-refractivity contribution in [3.05, 3.63) is 152 Å². The third kappa shape index (κ3) is 3.69. The Balaban J connectivity index is 1.37. The number of hydrogen-bond acceptors (Lipinski definition) is 2. The van der Waals surface area contributed by atoms with Gasteiger partial charge in [0.05, 0.1) is 17.2 Å². The van der Waals surface area contributed by atoms with Gasteiger partial charge in [-0.05, 0) is 75.1 Å². The quantitative estimate of drug-likeness (QED) is 0.204. The maximum atomic E-state index is 8.91. The lowest BCUT2D eigenvalue weighted by atomic mass is 9.93. The van der Waals surface area contributed by atoms with Crippen LogP contribution in [0.2, 0.25) is 0 Å². The molecule has 0 spiro atoms. The van der Waals surface area contributed by atoms with E-state index in [4.69, 9.17) is 6.85 Å². The van der Waals surface area contributed by atoms with Gasteiger partial charge < -0.3 is 4.90 Å². The van der Waals surface area contributed by atoms with E-state index in [0.717, 1.165) is 47.8 Å². The molecule has 1 aromatic heterocycles. The van der Waals surface area contributed by atoms with Crippen LogP contribution in [0.1, 0.15) is 6.85 Å². The van der Waals surface area contributed by atoms with Crippen molar-refractivity contribution < 1.29 is 6.85 Å². The van der Waals surface area contributed by atoms with Crippen molar-refractivity contribution in [2.45, 2.75) is 0 Å². The highest BCUT2D eigenvalue weighted by atomic mass is 32.1. The van der Waals surface area contributed by atoms with E-state index in [1.807, 2.05) is 41.3 Å². The van der Waals surface area contributed by atoms with Crippen molar-refractivity contribution in [1.82, 2.24) is 0 Å². The predicted molar refractivity (Wildman–Crippen MR) is 174 cm³/mol. The second-order valence-corrected chi connectivity index (χ2v) is 10.9. The van der Waals surface area contributed by atoms with E-state index in [-0.39, 0.29) is 29.9 Å². The first-order valence-corrected chi connectivity index (χ1v) is 14.0. The summed E-state index contributed by atoms with van der Waals surface area (Å²) in [7, 11) is 0. The minimum absolute atomic E-state index is 0.120. The molecule has 0 saturated carbocycles. The predicted octanol–water partition coefficient (Wildman–Crippen LogP) is 11.5. The van der Waals surface area contributed by atoms with E-state index in [1.54, 1.807) is 11.3 Å². The van der Waals surface area contributed by atoms with Gasteiger partial charge in [-0.2, -0.15) is 0 Å². The molecule has 0 aliphatic heterocycles. The Kier molecular flexibility index (Phi) is 4.31. The highest BCUT2D eigenvalue weighted by Crippen LogP contribution is 2.45. The van der Waals surface area contributed by atoms with Crippen molar-refractivity contribution in [3.63, 3.8) is 0 Å². The zero-order valence-electron chi connectivity index (χ0n) is 26.4. The molecule has 8 aromatic rings. The third-order valence-corrected chi connectivity index (χ3v) is 8.75. The van der Waals surface area contributed by atoms with Gasteiger partial charge in [0, 0.05) is 26.8 Å². The molecule has 0 aliphatic carbocycles. The second kappa shape index (κ2) is 9.37. The van der Waals surface area contributed by atoms with Crippen molar-refractivity contribution in [2.24, 2.45) is 0 Å². The first kappa shape index (κ1) is 18.4. The van der Waals surface area contributed by atoms with E-state index in [0.29, 0.717) is 5.69 Å². The Bertz CT molecular complexity index is 2420. The van der Waals surface area contributed by atoms with E-state index >= 15 is 0 Å². The molecule has 0 amide bonds. The van der Waals surface area contributed by atoms with Crippen LogP contribution in [-0.2, 0) is 0 Å². The third-order valence-electron chi connectivity index (χ3n) is 7.54. The fourth-order valence-electron chi connectivity index (χ4n) is 5.74. The molecule has 0 unspecified atom stereocenters. The van der Waals surface area contributed by atoms with Crippen LogP contribution in [0.4, 0.5) is 17.1 Å². The molecule has 1 nitrogen and oxygen atoms in total. The summed E-state index contributed by atoms with van der Waals surface area (Å²) < 4.78 is 45.1. The Labute approximate surface area is 244 Å². The van der Waals surface area contributed by atoms with Crippen LogP contribution in [0.25, 0.3) is 52.8 Å². The molecule has 0 fully saturated rings. The Morgan fingerprint density at radius 3 is 2.02 bits per heavy atom. The van der Waals surface area contributed by atoms with Crippen LogP contribution >= 0.6 is 11.3 Å². The molecule has 0 atom stereocenters. The Morgan fingerprint density at radius 1 is 0.525 bits per heavy atom. The number of rotatable bonds is 4. The summed E-state index contributed by atoms with van der Waals surface area (Å²) in [5.41, 5.74) is 3.72. The van der Waals surface area contributed by atoms with Crippen molar-refractivity contribution in [3.8, 4) is 11.1 Å². The standard InChI is InChI=1S/C38H25NS/c1-2-12-28(13-3-1)39(36-19-10-18-34-33-17-8-9-20-37(33)40-38(34)36)29-23-21-26(22-24-29)35-25-27-11-4-5-14-30(27)31-15-6-7-16-32(31)35/h1-25H/i1D,2D,3D,12D,13D. The number of hydrogen-bond donors (Lipinski definition) is 0. The fourth-order valence-corrected chi connectivity index (χ4v) is 6.94. The number of nitrogens with zero attached hydrogens (tertiary/aromatic N) is 1. The number of thiophene rings is 1. The van der Waals surface area contributed by atoms with Gasteiger partial charge in [0.2, 0.25) is 0 Å². The van der Waals surface area contributed by atoms with E-state index in [9.17, 15) is 0 Å². The molecule has 1 heterocycles. The zero-order valence-corrected chi connectivity index (χ0v) is 22.2. The lowest BCUT2D eigenvalue weighted by molar-refractivity contribution is 1.30. The zero-order chi connectivity index (χ0) is 30.8. The van der Waals surface area contributed by atoms with Gasteiger partial charge in [-0.3, -0.25) is 0 Å². The van der Waals surface area contributed by atoms with Crippen molar-refractivity contribution in [2.75, 3.05) is 4.90 Å². The molecular weight excluding hydrogens is 502 g/mol. The van der Waals surface area contributed by atoms with Crippen molar-refractivity contribution in [1.29, 1.82) is 0 Å². The van der Waals surface area contributed by atoms with Crippen LogP contribution in [0.15, 0.2) is 152 Å². The first-order valence-electron chi connectivity index (χ1n) is 15.7. The molecule has 0 N–H and O–H groups in total. The monoisotopic (exact) mass is 532 g/mol. The van der Waals surface area contributed by atoms with Crippen LogP contribution in [0.5, 0.6) is 0 Å². The van der Waals surface area contributed by atoms with Gasteiger partial charge in [0.15, 0.2) is 0 Å². The number of para-hydroxylation sites is 1. The molecular formula is C38H25NS. The summed E-state index contributed by atoms with van der Waals surface area (Å²) in [6, 6.07) is 39.7. The van der Waals surface area contributed by atoms with E-state index in [1.165, 1.54) is 10.8 Å². The summed E-state index contributed by atoms with van der Waals surface area (Å²) in [6.07, 6.45) is 0. The largest absolute Gasteiger partial charge is 0.309 e. The van der Waals surface area contributed by atoms with Crippen LogP contribution < -0.4 is 4.90 Å². The summed E-state index contributed by atoms with van der Waals surface area (Å²) in [6.45, 7) is 0. The average Bonchev–Trinajstić information content (AvgIpc) is 3.47. The SMILES string of the molecule is [2H]c1c([2H])c([2H])c(N(c2ccc(-c3cc4ccccc4c4ccccc34)cc2)c2cccc3c2sc2ccccc23)c([2H])c1[2H]. The van der Waals surface area contributed by atoms with Gasteiger partial charge in [-0.1, -0.05) is 109 Å². The number of anilines is 3. The highest BCUT2D eigenvalue weighted by molar-refractivity contribution is 7.26. The van der Waals surface area contributed by atoms with Crippen LogP contribution in [-0.4, -0.2) is 0 Å². The molecule has 0 saturated heterocycles. The molecule has 188 valence electrons. The number of fused-ring (bicyclic) bond motifs is 6. The lowest BCUT2D eigenvalue weighted by Gasteiger charge is -2.26. The lowest BCUT2D eigenvalue weighted by Crippen LogP contribution is -2.09. The molecule has 8 rings (SSSR count). The van der Waals surface area contributed by atoms with Gasteiger partial charge >= 0.3 is 0 Å². The number of benzene rings is 7. The van der Waals surface area contributed by atoms with Crippen LogP contribution in [0.3, 0.4) is 0 Å². The first-order chi connectivity index (χ1) is 21.9. The topological polar surface area (TPSA) is 3.24 Å². The Hall–Kier alpha value is -4.92. The van der Waals surface area contributed by atoms with E-state index in [2.05, 4.69) is 84.9 Å². The van der Waals surface area contributed by atoms with Crippen molar-refractivity contribution >= 4 is 70.1 Å². The maximum Gasteiger partial charge on any atom is 0.0645 e. The molecule has 0 radical (unpaired) electrons. The second-order valence-electron chi connectivity index (χ2n) is 9.80. The molecule has 2 heteroatoms. The molecule has 7 aromatic carbocycles. The molecule has 0 bridgehead atoms. The minimum atomic E-state index is -0.410. The van der Waals surface area contributed by atoms with Gasteiger partial charge in [0.25, 0.3) is 0 Å². The molecule has 0 aliphatic rings. The summed E-state index contributed by atoms with van der Waals surface area (Å²) in [4.78, 5) is 1.82. The smallest absolute Gasteiger partial charge is 0.0645 e. The minimum Gasteiger partial charge on any atom is -0.309 e. The summed E-state index contributed by atoms with van der Waals surface area (Å²) in [5.74, 6) is 0. The highest BCUT2D eigenvalue weighted by Gasteiger charge is 2.18. The normalized spacial score (nSPS) is 13.2. The average molecular weight is 533 g/mol. The summed E-state index contributed by atoms with van der Waals surface area (Å²) in [5, 5.41) is 6.89. The molecule has 40 heavy (non-hydrogen) atoms. The Morgan fingerprint density at radius 2 is 1.20 bits per heavy atom. The van der Waals surface area contributed by atoms with Gasteiger partial charge in [-0.25, -0.2) is 0 Å². The van der Waals surface area contributed by atoms with Gasteiger partial charge in [0.1, 0.15) is 0 Å². The van der Waals surface area contributed by atoms with Gasteiger partial charge in [-0.15, -0.1) is 11.3 Å². The fraction of sp³-hybridized carbons (Fsp3) is 0. The maximum absolute atomic E-state index is 8.91. The van der Waals surface area contributed by atoms with Crippen LogP contribution in [0, 0.1) is 0 Å². The van der Waals surface area contributed by atoms with E-state index < -0.39 is 6.04 Å².